The molecule has 12 nitrogen and oxygen atoms in total. The van der Waals surface area contributed by atoms with Crippen molar-refractivity contribution >= 4 is 47.0 Å². The highest BCUT2D eigenvalue weighted by molar-refractivity contribution is 6.10. The molecule has 0 fully saturated rings. The Morgan fingerprint density at radius 1 is 0.358 bits per heavy atom. The second kappa shape index (κ2) is 33.1. The fraction of sp³-hybridized carbons (Fsp3) is 0.340. The van der Waals surface area contributed by atoms with Crippen molar-refractivity contribution in [3.8, 4) is 68.2 Å². The Kier molecular flexibility index (Phi) is 23.8. The van der Waals surface area contributed by atoms with Gasteiger partial charge in [-0.2, -0.15) is 0 Å². The van der Waals surface area contributed by atoms with Gasteiger partial charge in [0.2, 0.25) is 0 Å². The molecule has 12 heteroatoms. The second-order valence-corrected chi connectivity index (χ2v) is 28.8. The Morgan fingerprint density at radius 2 is 0.651 bits per heavy atom. The number of ether oxygens (including phenoxy) is 6. The minimum Gasteiger partial charge on any atom is -0.463 e. The van der Waals surface area contributed by atoms with Gasteiger partial charge >= 0.3 is 35.8 Å². The normalized spacial score (nSPS) is 14.5. The molecular weight excluding hydrogens is 1320 g/mol. The van der Waals surface area contributed by atoms with E-state index in [-0.39, 0.29) is 38.9 Å². The monoisotopic (exact) mass is 1420 g/mol. The van der Waals surface area contributed by atoms with Gasteiger partial charge in [0.1, 0.15) is 0 Å². The van der Waals surface area contributed by atoms with Crippen molar-refractivity contribution in [1.82, 2.24) is 0 Å². The van der Waals surface area contributed by atoms with Crippen molar-refractivity contribution in [2.75, 3.05) is 13.2 Å². The third-order valence-corrected chi connectivity index (χ3v) is 20.1. The minimum atomic E-state index is -1.65. The van der Waals surface area contributed by atoms with Gasteiger partial charge in [-0.05, 0) is 243 Å². The smallest absolute Gasteiger partial charge is 0.331 e. The van der Waals surface area contributed by atoms with Crippen molar-refractivity contribution in [3.05, 3.63) is 247 Å². The third kappa shape index (κ3) is 15.9. The fourth-order valence-electron chi connectivity index (χ4n) is 15.0. The van der Waals surface area contributed by atoms with Crippen LogP contribution in [0.3, 0.4) is 0 Å². The molecule has 0 aromatic heterocycles. The van der Waals surface area contributed by atoms with Gasteiger partial charge in [-0.25, -0.2) is 9.59 Å². The molecule has 0 saturated carbocycles. The van der Waals surface area contributed by atoms with E-state index in [9.17, 15) is 28.8 Å². The SMILES string of the molecule is CCOC(=O)/C=C1\Cc2ccccc2-c2c1c1c(c(C#Cc3ccc(CC)cc3)c2-c2ccc(CC)cc2)CC(C(=O)OC(C)C)(C(=O)OC(C)C)C1.CCOC(=O)/C=C1\Cc2ccccc2-c2c1c1c(c(C#Cc3ccc(CC)cc3)c2-c2ccc(CC)cc2)CC(C(=O)OC(C)C)(C(=O)OC(C)C)C1. The highest BCUT2D eigenvalue weighted by Gasteiger charge is 2.57. The quantitative estimate of drug-likeness (QED) is 0.0264. The summed E-state index contributed by atoms with van der Waals surface area (Å²) in [5.41, 5.74) is 20.7. The number of allylic oxidation sites excluding steroid dienone is 2. The Bertz CT molecular complexity index is 4540. The van der Waals surface area contributed by atoms with Gasteiger partial charge in [0.15, 0.2) is 10.8 Å². The Morgan fingerprint density at radius 3 is 0.943 bits per heavy atom. The number of carbonyl (C=O) groups excluding carboxylic acids is 6. The zero-order valence-electron chi connectivity index (χ0n) is 63.7. The summed E-state index contributed by atoms with van der Waals surface area (Å²) in [4.78, 5) is 83.7. The fourth-order valence-corrected chi connectivity index (χ4v) is 15.0. The van der Waals surface area contributed by atoms with Gasteiger partial charge in [-0.3, -0.25) is 19.2 Å². The number of aryl methyl sites for hydroxylation is 4. The molecule has 0 N–H and O–H groups in total. The van der Waals surface area contributed by atoms with E-state index >= 15 is 0 Å². The summed E-state index contributed by atoms with van der Waals surface area (Å²) in [5, 5.41) is 0. The van der Waals surface area contributed by atoms with E-state index < -0.39 is 71.1 Å². The number of hydrogen-bond acceptors (Lipinski definition) is 12. The average molecular weight is 1420 g/mol. The van der Waals surface area contributed by atoms with Gasteiger partial charge in [-0.1, -0.05) is 173 Å². The molecule has 0 saturated heterocycles. The maximum atomic E-state index is 14.3. The van der Waals surface area contributed by atoms with E-state index in [0.717, 1.165) is 148 Å². The first-order valence-corrected chi connectivity index (χ1v) is 37.6. The second-order valence-electron chi connectivity index (χ2n) is 28.8. The van der Waals surface area contributed by atoms with E-state index in [1.54, 1.807) is 81.4 Å². The lowest BCUT2D eigenvalue weighted by Gasteiger charge is -2.29. The number of hydrogen-bond donors (Lipinski definition) is 0. The third-order valence-electron chi connectivity index (χ3n) is 20.1. The summed E-state index contributed by atoms with van der Waals surface area (Å²) < 4.78 is 34.4. The zero-order chi connectivity index (χ0) is 75.7. The van der Waals surface area contributed by atoms with Gasteiger partial charge in [0.25, 0.3) is 0 Å². The number of fused-ring (bicyclic) bond motifs is 10. The molecule has 0 radical (unpaired) electrons. The molecule has 0 amide bonds. The molecule has 0 bridgehead atoms. The highest BCUT2D eigenvalue weighted by Crippen LogP contribution is 2.57. The molecule has 0 aliphatic heterocycles. The van der Waals surface area contributed by atoms with Crippen molar-refractivity contribution in [2.24, 2.45) is 10.8 Å². The lowest BCUT2D eigenvalue weighted by Crippen LogP contribution is -2.44. The first kappa shape index (κ1) is 76.3. The van der Waals surface area contributed by atoms with Crippen LogP contribution < -0.4 is 0 Å². The molecule has 4 aliphatic rings. The number of benzene rings is 8. The maximum absolute atomic E-state index is 14.3. The Balaban J connectivity index is 0.000000212. The van der Waals surface area contributed by atoms with Crippen LogP contribution in [0.4, 0.5) is 0 Å². The summed E-state index contributed by atoms with van der Waals surface area (Å²) in [7, 11) is 0. The Labute approximate surface area is 625 Å². The summed E-state index contributed by atoms with van der Waals surface area (Å²) in [6.45, 7) is 26.7. The van der Waals surface area contributed by atoms with Gasteiger partial charge in [-0.15, -0.1) is 0 Å². The highest BCUT2D eigenvalue weighted by atomic mass is 16.6. The molecular formula is C94H96O12. The summed E-state index contributed by atoms with van der Waals surface area (Å²) in [6, 6.07) is 49.9. The van der Waals surface area contributed by atoms with E-state index in [1.165, 1.54) is 22.3 Å². The number of esters is 6. The molecule has 0 spiro atoms. The standard InChI is InChI=1S/2C47H48O6/c2*1-8-31-15-17-33(18-16-31)21-24-38-39-27-47(45(49)52-29(4)5,46(50)53-30(6)7)28-40(39)43-36(26-41(48)51-10-3)25-35-13-11-12-14-37(35)44(43)42(38)34-22-19-32(9-2)20-23-34/h2*11-20,22-23,26,29-30H,8-10,25,27-28H2,1-7H3/b2*36-26+. The molecule has 544 valence electrons. The lowest BCUT2D eigenvalue weighted by atomic mass is 9.73. The van der Waals surface area contributed by atoms with Gasteiger partial charge < -0.3 is 28.4 Å². The van der Waals surface area contributed by atoms with Crippen LogP contribution in [-0.4, -0.2) is 73.4 Å². The number of rotatable bonds is 18. The molecule has 106 heavy (non-hydrogen) atoms. The van der Waals surface area contributed by atoms with Crippen molar-refractivity contribution in [1.29, 1.82) is 0 Å². The van der Waals surface area contributed by atoms with Crippen molar-refractivity contribution < 1.29 is 57.2 Å². The molecule has 0 unspecified atom stereocenters. The summed E-state index contributed by atoms with van der Waals surface area (Å²) in [5.74, 6) is 10.7. The largest absolute Gasteiger partial charge is 0.463 e. The van der Waals surface area contributed by atoms with E-state index in [4.69, 9.17) is 28.4 Å². The molecule has 8 aromatic carbocycles. The lowest BCUT2D eigenvalue weighted by molar-refractivity contribution is -0.178. The minimum absolute atomic E-state index is 0.0407. The summed E-state index contributed by atoms with van der Waals surface area (Å²) >= 11 is 0. The molecule has 12 rings (SSSR count). The molecule has 0 atom stereocenters. The number of carbonyl (C=O) groups is 6. The Hall–Kier alpha value is -10.8. The zero-order valence-corrected chi connectivity index (χ0v) is 63.7. The van der Waals surface area contributed by atoms with Crippen LogP contribution in [0.1, 0.15) is 186 Å². The van der Waals surface area contributed by atoms with Crippen LogP contribution >= 0.6 is 0 Å². The molecule has 8 aromatic rings. The molecule has 0 heterocycles. The summed E-state index contributed by atoms with van der Waals surface area (Å²) in [6.07, 6.45) is 6.06. The van der Waals surface area contributed by atoms with Crippen LogP contribution in [0, 0.1) is 34.5 Å². The van der Waals surface area contributed by atoms with Crippen LogP contribution in [0.25, 0.3) is 55.7 Å². The van der Waals surface area contributed by atoms with Crippen LogP contribution in [0.15, 0.2) is 158 Å². The molecule has 4 aliphatic carbocycles. The van der Waals surface area contributed by atoms with Crippen LogP contribution in [0.5, 0.6) is 0 Å². The van der Waals surface area contributed by atoms with Crippen LogP contribution in [-0.2, 0) is 121 Å². The average Bonchev–Trinajstić information content (AvgIpc) is 1.46. The topological polar surface area (TPSA) is 158 Å². The first-order chi connectivity index (χ1) is 51.0. The van der Waals surface area contributed by atoms with Crippen molar-refractivity contribution in [3.63, 3.8) is 0 Å². The first-order valence-electron chi connectivity index (χ1n) is 37.6. The van der Waals surface area contributed by atoms with E-state index in [2.05, 4.69) is 148 Å². The van der Waals surface area contributed by atoms with Gasteiger partial charge in [0, 0.05) is 71.2 Å². The van der Waals surface area contributed by atoms with Crippen LogP contribution in [0.2, 0.25) is 0 Å². The van der Waals surface area contributed by atoms with Crippen molar-refractivity contribution in [2.45, 2.75) is 186 Å². The predicted molar refractivity (Wildman–Crippen MR) is 418 cm³/mol. The van der Waals surface area contributed by atoms with E-state index in [1.807, 2.05) is 48.5 Å². The predicted octanol–water partition coefficient (Wildman–Crippen LogP) is 18.1. The van der Waals surface area contributed by atoms with E-state index in [0.29, 0.717) is 12.8 Å². The maximum Gasteiger partial charge on any atom is 0.331 e. The van der Waals surface area contributed by atoms with Gasteiger partial charge in [0.05, 0.1) is 37.6 Å².